The number of carbonyl (C=O) groups excluding carboxylic acids is 1. The van der Waals surface area contributed by atoms with Crippen LogP contribution in [0.5, 0.6) is 0 Å². The minimum atomic E-state index is -0.321. The Morgan fingerprint density at radius 3 is 2.65 bits per heavy atom. The molecule has 0 fully saturated rings. The molecule has 1 N–H and O–H groups in total. The Hall–Kier alpha value is -2.26. The fraction of sp³-hybridized carbons (Fsp3) is 0.353. The van der Waals surface area contributed by atoms with Crippen LogP contribution < -0.4 is 5.32 Å². The van der Waals surface area contributed by atoms with Gasteiger partial charge in [0.05, 0.1) is 5.25 Å². The zero-order valence-corrected chi connectivity index (χ0v) is 16.5. The van der Waals surface area contributed by atoms with Gasteiger partial charge in [0.1, 0.15) is 10.8 Å². The lowest BCUT2D eigenvalue weighted by atomic mass is 10.1. The standard InChI is InChI=1S/C17H20N6OS2/c1-4-23-14(10-13-8-6-5-7-9-13)20-22-17(23)25-11(2)15(24)18-16-21-19-12(3)26-16/h5-9,11H,4,10H2,1-3H3,(H,18,21,24)/t11-/m1/s1. The first-order chi connectivity index (χ1) is 12.6. The number of hydrogen-bond donors (Lipinski definition) is 1. The fourth-order valence-corrected chi connectivity index (χ4v) is 3.93. The van der Waals surface area contributed by atoms with E-state index < -0.39 is 0 Å². The van der Waals surface area contributed by atoms with Gasteiger partial charge in [0.2, 0.25) is 11.0 Å². The third kappa shape index (κ3) is 4.47. The number of amides is 1. The maximum Gasteiger partial charge on any atom is 0.239 e. The third-order valence-corrected chi connectivity index (χ3v) is 5.56. The molecule has 2 heterocycles. The summed E-state index contributed by atoms with van der Waals surface area (Å²) < 4.78 is 2.05. The Labute approximate surface area is 160 Å². The molecule has 1 amide bonds. The number of aryl methyl sites for hydroxylation is 1. The second kappa shape index (κ2) is 8.41. The summed E-state index contributed by atoms with van der Waals surface area (Å²) in [5.41, 5.74) is 1.18. The summed E-state index contributed by atoms with van der Waals surface area (Å²) in [6.45, 7) is 6.50. The average molecular weight is 389 g/mol. The lowest BCUT2D eigenvalue weighted by molar-refractivity contribution is -0.115. The summed E-state index contributed by atoms with van der Waals surface area (Å²) >= 11 is 2.75. The summed E-state index contributed by atoms with van der Waals surface area (Å²) in [5, 5.41) is 21.0. The molecule has 0 radical (unpaired) electrons. The number of thioether (sulfide) groups is 1. The van der Waals surface area contributed by atoms with Gasteiger partial charge in [-0.15, -0.1) is 20.4 Å². The molecule has 3 aromatic rings. The second-order valence-corrected chi connectivity index (χ2v) is 8.17. The minimum absolute atomic E-state index is 0.124. The van der Waals surface area contributed by atoms with Crippen molar-refractivity contribution in [3.8, 4) is 0 Å². The molecule has 3 rings (SSSR count). The molecule has 0 aliphatic carbocycles. The van der Waals surface area contributed by atoms with Crippen LogP contribution >= 0.6 is 23.1 Å². The second-order valence-electron chi connectivity index (χ2n) is 5.68. The Balaban J connectivity index is 1.68. The van der Waals surface area contributed by atoms with E-state index in [9.17, 15) is 4.79 Å². The van der Waals surface area contributed by atoms with E-state index >= 15 is 0 Å². The summed E-state index contributed by atoms with van der Waals surface area (Å²) in [6.07, 6.45) is 0.715. The molecule has 9 heteroatoms. The summed E-state index contributed by atoms with van der Waals surface area (Å²) in [4.78, 5) is 12.4. The largest absolute Gasteiger partial charge is 0.306 e. The Morgan fingerprint density at radius 1 is 1.23 bits per heavy atom. The first-order valence-corrected chi connectivity index (χ1v) is 10.00. The molecule has 2 aromatic heterocycles. The van der Waals surface area contributed by atoms with Gasteiger partial charge in [0, 0.05) is 13.0 Å². The van der Waals surface area contributed by atoms with Crippen molar-refractivity contribution in [3.63, 3.8) is 0 Å². The van der Waals surface area contributed by atoms with E-state index in [2.05, 4.69) is 49.3 Å². The molecule has 1 atom stereocenters. The summed E-state index contributed by atoms with van der Waals surface area (Å²) in [6, 6.07) is 10.2. The number of benzene rings is 1. The average Bonchev–Trinajstić information content (AvgIpc) is 3.21. The topological polar surface area (TPSA) is 85.6 Å². The first-order valence-electron chi connectivity index (χ1n) is 8.30. The van der Waals surface area contributed by atoms with Crippen LogP contribution in [0.25, 0.3) is 0 Å². The Kier molecular flexibility index (Phi) is 6.00. The summed E-state index contributed by atoms with van der Waals surface area (Å²) in [7, 11) is 0. The highest BCUT2D eigenvalue weighted by Crippen LogP contribution is 2.25. The number of nitrogens with zero attached hydrogens (tertiary/aromatic N) is 5. The van der Waals surface area contributed by atoms with Crippen molar-refractivity contribution >= 4 is 34.1 Å². The predicted octanol–water partition coefficient (Wildman–Crippen LogP) is 3.17. The van der Waals surface area contributed by atoms with Crippen molar-refractivity contribution in [2.45, 2.75) is 44.1 Å². The van der Waals surface area contributed by atoms with Gasteiger partial charge >= 0.3 is 0 Å². The van der Waals surface area contributed by atoms with Gasteiger partial charge in [0.15, 0.2) is 5.16 Å². The molecule has 7 nitrogen and oxygen atoms in total. The lowest BCUT2D eigenvalue weighted by Crippen LogP contribution is -2.23. The van der Waals surface area contributed by atoms with Gasteiger partial charge in [-0.3, -0.25) is 10.1 Å². The Morgan fingerprint density at radius 2 is 2.00 bits per heavy atom. The number of rotatable bonds is 7. The van der Waals surface area contributed by atoms with E-state index in [1.54, 1.807) is 0 Å². The molecular formula is C17H20N6OS2. The number of nitrogens with one attached hydrogen (secondary N) is 1. The molecule has 0 bridgehead atoms. The molecule has 0 unspecified atom stereocenters. The molecule has 0 spiro atoms. The van der Waals surface area contributed by atoms with E-state index in [4.69, 9.17) is 0 Å². The van der Waals surface area contributed by atoms with Crippen LogP contribution in [-0.4, -0.2) is 36.1 Å². The first kappa shape index (κ1) is 18.5. The highest BCUT2D eigenvalue weighted by molar-refractivity contribution is 8.00. The fourth-order valence-electron chi connectivity index (χ4n) is 2.40. The van der Waals surface area contributed by atoms with Crippen molar-refractivity contribution < 1.29 is 4.79 Å². The smallest absolute Gasteiger partial charge is 0.239 e. The van der Waals surface area contributed by atoms with Gasteiger partial charge in [0.25, 0.3) is 0 Å². The molecule has 0 saturated carbocycles. The molecule has 136 valence electrons. The number of anilines is 1. The van der Waals surface area contributed by atoms with Crippen LogP contribution in [0.15, 0.2) is 35.5 Å². The van der Waals surface area contributed by atoms with Gasteiger partial charge < -0.3 is 4.57 Å². The van der Waals surface area contributed by atoms with Crippen LogP contribution in [0.1, 0.15) is 30.2 Å². The highest BCUT2D eigenvalue weighted by atomic mass is 32.2. The van der Waals surface area contributed by atoms with Crippen molar-refractivity contribution in [3.05, 3.63) is 46.7 Å². The zero-order chi connectivity index (χ0) is 18.5. The Bertz CT molecular complexity index is 877. The molecule has 26 heavy (non-hydrogen) atoms. The molecule has 0 saturated heterocycles. The van der Waals surface area contributed by atoms with Crippen LogP contribution in [0.3, 0.4) is 0 Å². The van der Waals surface area contributed by atoms with Crippen LogP contribution in [0, 0.1) is 6.92 Å². The molecular weight excluding hydrogens is 368 g/mol. The number of hydrogen-bond acceptors (Lipinski definition) is 7. The van der Waals surface area contributed by atoms with E-state index in [0.717, 1.165) is 22.5 Å². The van der Waals surface area contributed by atoms with Crippen LogP contribution in [0.2, 0.25) is 0 Å². The molecule has 0 aliphatic heterocycles. The van der Waals surface area contributed by atoms with Crippen LogP contribution in [-0.2, 0) is 17.8 Å². The quantitative estimate of drug-likeness (QED) is 0.626. The van der Waals surface area contributed by atoms with Gasteiger partial charge in [-0.2, -0.15) is 0 Å². The number of aromatic nitrogens is 5. The number of carbonyl (C=O) groups is 1. The van der Waals surface area contributed by atoms with E-state index in [-0.39, 0.29) is 11.2 Å². The minimum Gasteiger partial charge on any atom is -0.306 e. The zero-order valence-electron chi connectivity index (χ0n) is 14.8. The van der Waals surface area contributed by atoms with Gasteiger partial charge in [-0.25, -0.2) is 0 Å². The monoisotopic (exact) mass is 388 g/mol. The van der Waals surface area contributed by atoms with Crippen molar-refractivity contribution in [1.82, 2.24) is 25.0 Å². The van der Waals surface area contributed by atoms with Crippen molar-refractivity contribution in [1.29, 1.82) is 0 Å². The molecule has 1 aromatic carbocycles. The predicted molar refractivity (Wildman–Crippen MR) is 104 cm³/mol. The van der Waals surface area contributed by atoms with E-state index in [0.29, 0.717) is 11.6 Å². The van der Waals surface area contributed by atoms with Gasteiger partial charge in [-0.1, -0.05) is 53.4 Å². The molecule has 0 aliphatic rings. The third-order valence-electron chi connectivity index (χ3n) is 3.72. The van der Waals surface area contributed by atoms with Gasteiger partial charge in [-0.05, 0) is 26.3 Å². The maximum atomic E-state index is 12.4. The van der Waals surface area contributed by atoms with Crippen molar-refractivity contribution in [2.24, 2.45) is 0 Å². The van der Waals surface area contributed by atoms with Crippen molar-refractivity contribution in [2.75, 3.05) is 5.32 Å². The highest BCUT2D eigenvalue weighted by Gasteiger charge is 2.20. The van der Waals surface area contributed by atoms with E-state index in [1.165, 1.54) is 28.7 Å². The SMILES string of the molecule is CCn1c(Cc2ccccc2)nnc1S[C@H](C)C(=O)Nc1nnc(C)s1. The lowest BCUT2D eigenvalue weighted by Gasteiger charge is -2.11. The van der Waals surface area contributed by atoms with Crippen LogP contribution in [0.4, 0.5) is 5.13 Å². The maximum absolute atomic E-state index is 12.4. The normalized spacial score (nSPS) is 12.1. The van der Waals surface area contributed by atoms with E-state index in [1.807, 2.05) is 32.0 Å². The summed E-state index contributed by atoms with van der Waals surface area (Å²) in [5.74, 6) is 0.773.